The van der Waals surface area contributed by atoms with Crippen molar-refractivity contribution in [3.8, 4) is 0 Å². The van der Waals surface area contributed by atoms with Crippen LogP contribution in [-0.4, -0.2) is 21.7 Å². The lowest BCUT2D eigenvalue weighted by atomic mass is 9.92. The van der Waals surface area contributed by atoms with E-state index in [1.54, 1.807) is 0 Å². The summed E-state index contributed by atoms with van der Waals surface area (Å²) in [6, 6.07) is 5.75. The highest BCUT2D eigenvalue weighted by atomic mass is 32.2. The third-order valence-corrected chi connectivity index (χ3v) is 6.47. The van der Waals surface area contributed by atoms with Gasteiger partial charge in [-0.15, -0.1) is 0 Å². The first kappa shape index (κ1) is 14.1. The SMILES string of the molecule is Cc1cc(S(=O)C2CCOC3(CCCC3)C2)ccc1N. The van der Waals surface area contributed by atoms with E-state index in [9.17, 15) is 4.21 Å². The Morgan fingerprint density at radius 2 is 2.10 bits per heavy atom. The molecule has 3 rings (SSSR count). The van der Waals surface area contributed by atoms with E-state index in [1.807, 2.05) is 25.1 Å². The Balaban J connectivity index is 1.77. The fraction of sp³-hybridized carbons (Fsp3) is 0.625. The van der Waals surface area contributed by atoms with Crippen LogP contribution in [0.1, 0.15) is 44.1 Å². The van der Waals surface area contributed by atoms with Gasteiger partial charge >= 0.3 is 0 Å². The summed E-state index contributed by atoms with van der Waals surface area (Å²) in [5, 5.41) is 0.227. The highest BCUT2D eigenvalue weighted by molar-refractivity contribution is 7.85. The monoisotopic (exact) mass is 293 g/mol. The zero-order valence-corrected chi connectivity index (χ0v) is 12.9. The standard InChI is InChI=1S/C16H23NO2S/c1-12-10-13(4-5-15(12)17)20(18)14-6-9-19-16(11-14)7-2-3-8-16/h4-5,10,14H,2-3,6-9,11,17H2,1H3. The molecule has 1 aromatic carbocycles. The molecule has 0 bridgehead atoms. The van der Waals surface area contributed by atoms with Crippen molar-refractivity contribution >= 4 is 16.5 Å². The van der Waals surface area contributed by atoms with Gasteiger partial charge in [0.05, 0.1) is 16.4 Å². The zero-order valence-electron chi connectivity index (χ0n) is 12.1. The lowest BCUT2D eigenvalue weighted by molar-refractivity contribution is -0.0708. The van der Waals surface area contributed by atoms with Gasteiger partial charge in [-0.1, -0.05) is 12.8 Å². The Labute approximate surface area is 123 Å². The molecule has 2 N–H and O–H groups in total. The van der Waals surface area contributed by atoms with E-state index in [2.05, 4.69) is 0 Å². The smallest absolute Gasteiger partial charge is 0.0694 e. The van der Waals surface area contributed by atoms with Crippen LogP contribution >= 0.6 is 0 Å². The predicted octanol–water partition coefficient (Wildman–Crippen LogP) is 3.18. The molecule has 2 unspecified atom stereocenters. The van der Waals surface area contributed by atoms with Crippen LogP contribution in [0.15, 0.2) is 23.1 Å². The zero-order chi connectivity index (χ0) is 14.2. The molecule has 1 aliphatic heterocycles. The fourth-order valence-corrected chi connectivity index (χ4v) is 5.14. The average Bonchev–Trinajstić information content (AvgIpc) is 2.89. The maximum absolute atomic E-state index is 12.8. The number of aryl methyl sites for hydroxylation is 1. The van der Waals surface area contributed by atoms with Gasteiger partial charge in [0.1, 0.15) is 0 Å². The van der Waals surface area contributed by atoms with Crippen LogP contribution < -0.4 is 5.73 Å². The first-order valence-corrected chi connectivity index (χ1v) is 8.72. The van der Waals surface area contributed by atoms with Crippen molar-refractivity contribution in [3.63, 3.8) is 0 Å². The highest BCUT2D eigenvalue weighted by Gasteiger charge is 2.41. The molecule has 0 aromatic heterocycles. The van der Waals surface area contributed by atoms with Gasteiger partial charge in [-0.25, -0.2) is 0 Å². The molecular weight excluding hydrogens is 270 g/mol. The van der Waals surface area contributed by atoms with Crippen molar-refractivity contribution in [1.29, 1.82) is 0 Å². The summed E-state index contributed by atoms with van der Waals surface area (Å²) in [7, 11) is -0.946. The Hall–Kier alpha value is -0.870. The molecule has 2 fully saturated rings. The van der Waals surface area contributed by atoms with Crippen LogP contribution in [0.2, 0.25) is 0 Å². The van der Waals surface area contributed by atoms with Crippen LogP contribution in [-0.2, 0) is 15.5 Å². The highest BCUT2D eigenvalue weighted by Crippen LogP contribution is 2.41. The van der Waals surface area contributed by atoms with Crippen molar-refractivity contribution in [3.05, 3.63) is 23.8 Å². The molecule has 1 aliphatic carbocycles. The van der Waals surface area contributed by atoms with Crippen molar-refractivity contribution in [1.82, 2.24) is 0 Å². The second kappa shape index (κ2) is 5.49. The van der Waals surface area contributed by atoms with E-state index in [-0.39, 0.29) is 10.9 Å². The minimum Gasteiger partial charge on any atom is -0.399 e. The largest absolute Gasteiger partial charge is 0.399 e. The van der Waals surface area contributed by atoms with Crippen LogP contribution in [0.4, 0.5) is 5.69 Å². The number of ether oxygens (including phenoxy) is 1. The van der Waals surface area contributed by atoms with Gasteiger partial charge in [0.25, 0.3) is 0 Å². The first-order valence-electron chi connectivity index (χ1n) is 7.50. The summed E-state index contributed by atoms with van der Waals surface area (Å²) in [5.74, 6) is 0. The predicted molar refractivity (Wildman–Crippen MR) is 82.2 cm³/mol. The van der Waals surface area contributed by atoms with Crippen molar-refractivity contribution < 1.29 is 8.95 Å². The maximum Gasteiger partial charge on any atom is 0.0694 e. The van der Waals surface area contributed by atoms with E-state index in [1.165, 1.54) is 12.8 Å². The molecular formula is C16H23NO2S. The van der Waals surface area contributed by atoms with E-state index in [4.69, 9.17) is 10.5 Å². The van der Waals surface area contributed by atoms with Gasteiger partial charge in [0.15, 0.2) is 0 Å². The molecule has 4 heteroatoms. The average molecular weight is 293 g/mol. The molecule has 20 heavy (non-hydrogen) atoms. The number of nitrogen functional groups attached to an aromatic ring is 1. The molecule has 1 heterocycles. The molecule has 1 spiro atoms. The van der Waals surface area contributed by atoms with Crippen molar-refractivity contribution in [2.24, 2.45) is 0 Å². The van der Waals surface area contributed by atoms with Crippen LogP contribution in [0, 0.1) is 6.92 Å². The van der Waals surface area contributed by atoms with E-state index < -0.39 is 10.8 Å². The molecule has 2 atom stereocenters. The maximum atomic E-state index is 12.8. The molecule has 1 saturated carbocycles. The topological polar surface area (TPSA) is 52.3 Å². The van der Waals surface area contributed by atoms with Crippen LogP contribution in [0.5, 0.6) is 0 Å². The van der Waals surface area contributed by atoms with E-state index in [0.29, 0.717) is 0 Å². The Kier molecular flexibility index (Phi) is 3.87. The molecule has 3 nitrogen and oxygen atoms in total. The van der Waals surface area contributed by atoms with Crippen LogP contribution in [0.25, 0.3) is 0 Å². The second-order valence-electron chi connectivity index (χ2n) is 6.17. The Morgan fingerprint density at radius 3 is 2.80 bits per heavy atom. The Bertz CT molecular complexity index is 523. The quantitative estimate of drug-likeness (QED) is 0.852. The number of anilines is 1. The lowest BCUT2D eigenvalue weighted by Crippen LogP contribution is -2.41. The van der Waals surface area contributed by atoms with Crippen LogP contribution in [0.3, 0.4) is 0 Å². The van der Waals surface area contributed by atoms with Gasteiger partial charge in [0.2, 0.25) is 0 Å². The van der Waals surface area contributed by atoms with Gasteiger partial charge in [-0.3, -0.25) is 4.21 Å². The second-order valence-corrected chi connectivity index (χ2v) is 7.90. The summed E-state index contributed by atoms with van der Waals surface area (Å²) in [6.45, 7) is 2.73. The number of hydrogen-bond acceptors (Lipinski definition) is 3. The van der Waals surface area contributed by atoms with E-state index >= 15 is 0 Å². The molecule has 2 aliphatic rings. The molecule has 110 valence electrons. The summed E-state index contributed by atoms with van der Waals surface area (Å²) in [5.41, 5.74) is 7.65. The molecule has 0 amide bonds. The number of nitrogens with two attached hydrogens (primary N) is 1. The van der Waals surface area contributed by atoms with Crippen molar-refractivity contribution in [2.45, 2.75) is 61.2 Å². The van der Waals surface area contributed by atoms with Gasteiger partial charge < -0.3 is 10.5 Å². The fourth-order valence-electron chi connectivity index (χ4n) is 3.50. The summed E-state index contributed by atoms with van der Waals surface area (Å²) < 4.78 is 18.8. The third kappa shape index (κ3) is 2.63. The summed E-state index contributed by atoms with van der Waals surface area (Å²) in [4.78, 5) is 0.914. The van der Waals surface area contributed by atoms with Crippen molar-refractivity contribution in [2.75, 3.05) is 12.3 Å². The summed E-state index contributed by atoms with van der Waals surface area (Å²) in [6.07, 6.45) is 6.63. The van der Waals surface area contributed by atoms with Gasteiger partial charge in [0, 0.05) is 22.4 Å². The molecule has 1 aromatic rings. The number of rotatable bonds is 2. The summed E-state index contributed by atoms with van der Waals surface area (Å²) >= 11 is 0. The molecule has 1 saturated heterocycles. The minimum atomic E-state index is -0.946. The Morgan fingerprint density at radius 1 is 1.35 bits per heavy atom. The van der Waals surface area contributed by atoms with Gasteiger partial charge in [-0.05, 0) is 56.4 Å². The number of hydrogen-bond donors (Lipinski definition) is 1. The van der Waals surface area contributed by atoms with E-state index in [0.717, 1.165) is 48.4 Å². The molecule has 0 radical (unpaired) electrons. The minimum absolute atomic E-state index is 0.0292. The third-order valence-electron chi connectivity index (χ3n) is 4.74. The van der Waals surface area contributed by atoms with Gasteiger partial charge in [-0.2, -0.15) is 0 Å². The lowest BCUT2D eigenvalue weighted by Gasteiger charge is -2.37. The normalized spacial score (nSPS) is 26.8. The number of benzene rings is 1. The first-order chi connectivity index (χ1) is 9.60.